The highest BCUT2D eigenvalue weighted by Crippen LogP contribution is 2.28. The van der Waals surface area contributed by atoms with Crippen LogP contribution >= 0.6 is 0 Å². The predicted octanol–water partition coefficient (Wildman–Crippen LogP) is 2.96. The van der Waals surface area contributed by atoms with Gasteiger partial charge in [-0.15, -0.1) is 0 Å². The van der Waals surface area contributed by atoms with Crippen molar-refractivity contribution in [2.24, 2.45) is 0 Å². The number of aromatic nitrogens is 2. The van der Waals surface area contributed by atoms with Crippen LogP contribution in [-0.2, 0) is 19.4 Å². The zero-order valence-electron chi connectivity index (χ0n) is 14.3. The number of nitrogens with zero attached hydrogens (tertiary/aromatic N) is 2. The van der Waals surface area contributed by atoms with Gasteiger partial charge in [0.25, 0.3) is 5.91 Å². The average Bonchev–Trinajstić information content (AvgIpc) is 3.23. The van der Waals surface area contributed by atoms with E-state index in [0.717, 1.165) is 35.9 Å². The number of ether oxygens (including phenoxy) is 1. The summed E-state index contributed by atoms with van der Waals surface area (Å²) >= 11 is 0. The zero-order chi connectivity index (χ0) is 17.4. The molecule has 6 heteroatoms. The van der Waals surface area contributed by atoms with E-state index in [1.54, 1.807) is 13.2 Å². The van der Waals surface area contributed by atoms with Gasteiger partial charge in [-0.05, 0) is 43.9 Å². The summed E-state index contributed by atoms with van der Waals surface area (Å²) in [6, 6.07) is 5.53. The SMILES string of the molecule is COc1ccc2c(C)c(C(=O)NCc3ncc4c(n3)CCC4)oc2c1. The molecule has 2 heterocycles. The van der Waals surface area contributed by atoms with Crippen molar-refractivity contribution < 1.29 is 13.9 Å². The molecule has 1 aromatic carbocycles. The largest absolute Gasteiger partial charge is 0.497 e. The van der Waals surface area contributed by atoms with Crippen molar-refractivity contribution in [2.75, 3.05) is 7.11 Å². The maximum Gasteiger partial charge on any atom is 0.287 e. The number of furan rings is 1. The number of hydrogen-bond donors (Lipinski definition) is 1. The molecule has 3 aromatic rings. The van der Waals surface area contributed by atoms with E-state index in [4.69, 9.17) is 9.15 Å². The summed E-state index contributed by atoms with van der Waals surface area (Å²) in [7, 11) is 1.60. The Morgan fingerprint density at radius 2 is 2.24 bits per heavy atom. The lowest BCUT2D eigenvalue weighted by molar-refractivity contribution is 0.0923. The predicted molar refractivity (Wildman–Crippen MR) is 92.7 cm³/mol. The fourth-order valence-electron chi connectivity index (χ4n) is 3.23. The summed E-state index contributed by atoms with van der Waals surface area (Å²) < 4.78 is 10.9. The van der Waals surface area contributed by atoms with Crippen LogP contribution in [0.2, 0.25) is 0 Å². The zero-order valence-corrected chi connectivity index (χ0v) is 14.3. The van der Waals surface area contributed by atoms with Gasteiger partial charge in [0.1, 0.15) is 17.2 Å². The van der Waals surface area contributed by atoms with Gasteiger partial charge in [-0.2, -0.15) is 0 Å². The van der Waals surface area contributed by atoms with E-state index in [2.05, 4.69) is 15.3 Å². The molecule has 0 saturated carbocycles. The van der Waals surface area contributed by atoms with E-state index in [1.807, 2.05) is 25.3 Å². The van der Waals surface area contributed by atoms with Crippen LogP contribution in [0.3, 0.4) is 0 Å². The van der Waals surface area contributed by atoms with E-state index in [-0.39, 0.29) is 12.5 Å². The first-order valence-corrected chi connectivity index (χ1v) is 8.34. The number of benzene rings is 1. The molecule has 0 aliphatic heterocycles. The van der Waals surface area contributed by atoms with Gasteiger partial charge >= 0.3 is 0 Å². The van der Waals surface area contributed by atoms with Crippen molar-refractivity contribution in [3.05, 3.63) is 52.8 Å². The molecule has 4 rings (SSSR count). The smallest absolute Gasteiger partial charge is 0.287 e. The summed E-state index contributed by atoms with van der Waals surface area (Å²) in [5.41, 5.74) is 3.77. The maximum absolute atomic E-state index is 12.5. The number of carbonyl (C=O) groups excluding carboxylic acids is 1. The Morgan fingerprint density at radius 1 is 1.36 bits per heavy atom. The summed E-state index contributed by atoms with van der Waals surface area (Å²) in [4.78, 5) is 21.4. The molecule has 0 atom stereocenters. The minimum absolute atomic E-state index is 0.267. The van der Waals surface area contributed by atoms with Crippen LogP contribution in [0, 0.1) is 6.92 Å². The lowest BCUT2D eigenvalue weighted by Crippen LogP contribution is -2.24. The molecule has 0 saturated heterocycles. The molecule has 0 unspecified atom stereocenters. The minimum atomic E-state index is -0.267. The first kappa shape index (κ1) is 15.6. The van der Waals surface area contributed by atoms with Crippen LogP contribution in [0.15, 0.2) is 28.8 Å². The summed E-state index contributed by atoms with van der Waals surface area (Å²) in [5, 5.41) is 3.75. The summed E-state index contributed by atoms with van der Waals surface area (Å²) in [5.74, 6) is 1.37. The Labute approximate surface area is 145 Å². The lowest BCUT2D eigenvalue weighted by Gasteiger charge is -2.05. The number of carbonyl (C=O) groups is 1. The molecule has 1 N–H and O–H groups in total. The first-order chi connectivity index (χ1) is 12.2. The van der Waals surface area contributed by atoms with E-state index in [1.165, 1.54) is 5.56 Å². The maximum atomic E-state index is 12.5. The molecule has 0 spiro atoms. The molecular weight excluding hydrogens is 318 g/mol. The Kier molecular flexibility index (Phi) is 3.87. The molecule has 0 radical (unpaired) electrons. The highest BCUT2D eigenvalue weighted by Gasteiger charge is 2.19. The van der Waals surface area contributed by atoms with Crippen molar-refractivity contribution in [3.63, 3.8) is 0 Å². The van der Waals surface area contributed by atoms with E-state index in [0.29, 0.717) is 22.9 Å². The summed E-state index contributed by atoms with van der Waals surface area (Å²) in [6.45, 7) is 2.16. The van der Waals surface area contributed by atoms with E-state index >= 15 is 0 Å². The highest BCUT2D eigenvalue weighted by molar-refractivity contribution is 5.99. The second-order valence-electron chi connectivity index (χ2n) is 6.21. The molecule has 0 bridgehead atoms. The van der Waals surface area contributed by atoms with Crippen LogP contribution < -0.4 is 10.1 Å². The fourth-order valence-corrected chi connectivity index (χ4v) is 3.23. The number of methoxy groups -OCH3 is 1. The fraction of sp³-hybridized carbons (Fsp3) is 0.316. The first-order valence-electron chi connectivity index (χ1n) is 8.34. The third-order valence-corrected chi connectivity index (χ3v) is 4.62. The Morgan fingerprint density at radius 3 is 3.08 bits per heavy atom. The standard InChI is InChI=1S/C19H19N3O3/c1-11-14-7-6-13(24-2)8-16(14)25-18(11)19(23)21-10-17-20-9-12-4-3-5-15(12)22-17/h6-9H,3-5,10H2,1-2H3,(H,21,23). The second-order valence-corrected chi connectivity index (χ2v) is 6.21. The molecule has 25 heavy (non-hydrogen) atoms. The third-order valence-electron chi connectivity index (χ3n) is 4.62. The molecule has 6 nitrogen and oxygen atoms in total. The monoisotopic (exact) mass is 337 g/mol. The molecule has 1 aliphatic rings. The number of nitrogens with one attached hydrogen (secondary N) is 1. The van der Waals surface area contributed by atoms with Crippen LogP contribution in [0.5, 0.6) is 5.75 Å². The van der Waals surface area contributed by atoms with Crippen LogP contribution in [0.1, 0.15) is 39.6 Å². The van der Waals surface area contributed by atoms with Crippen molar-refractivity contribution in [1.82, 2.24) is 15.3 Å². The second kappa shape index (κ2) is 6.20. The number of aryl methyl sites for hydroxylation is 3. The van der Waals surface area contributed by atoms with Crippen molar-refractivity contribution in [1.29, 1.82) is 0 Å². The van der Waals surface area contributed by atoms with Gasteiger partial charge in [0.05, 0.1) is 13.7 Å². The highest BCUT2D eigenvalue weighted by atomic mass is 16.5. The van der Waals surface area contributed by atoms with Gasteiger partial charge in [0, 0.05) is 28.9 Å². The van der Waals surface area contributed by atoms with E-state index in [9.17, 15) is 4.79 Å². The van der Waals surface area contributed by atoms with Crippen molar-refractivity contribution >= 4 is 16.9 Å². The number of amides is 1. The molecule has 1 amide bonds. The molecule has 128 valence electrons. The Bertz CT molecular complexity index is 962. The molecule has 2 aromatic heterocycles. The molecular formula is C19H19N3O3. The van der Waals surface area contributed by atoms with Gasteiger partial charge in [0.15, 0.2) is 5.76 Å². The number of rotatable bonds is 4. The van der Waals surface area contributed by atoms with Gasteiger partial charge < -0.3 is 14.5 Å². The molecule has 1 aliphatic carbocycles. The number of hydrogen-bond acceptors (Lipinski definition) is 5. The molecule has 0 fully saturated rings. The quantitative estimate of drug-likeness (QED) is 0.792. The topological polar surface area (TPSA) is 77.2 Å². The third kappa shape index (κ3) is 2.84. The van der Waals surface area contributed by atoms with E-state index < -0.39 is 0 Å². The van der Waals surface area contributed by atoms with Crippen LogP contribution in [0.4, 0.5) is 0 Å². The van der Waals surface area contributed by atoms with Gasteiger partial charge in [-0.3, -0.25) is 4.79 Å². The lowest BCUT2D eigenvalue weighted by atomic mass is 10.1. The number of fused-ring (bicyclic) bond motifs is 2. The summed E-state index contributed by atoms with van der Waals surface area (Å²) in [6.07, 6.45) is 5.03. The van der Waals surface area contributed by atoms with Crippen molar-refractivity contribution in [3.8, 4) is 5.75 Å². The minimum Gasteiger partial charge on any atom is -0.497 e. The average molecular weight is 337 g/mol. The van der Waals surface area contributed by atoms with Gasteiger partial charge in [-0.25, -0.2) is 9.97 Å². The Balaban J connectivity index is 1.53. The van der Waals surface area contributed by atoms with Gasteiger partial charge in [-0.1, -0.05) is 0 Å². The van der Waals surface area contributed by atoms with Gasteiger partial charge in [0.2, 0.25) is 0 Å². The van der Waals surface area contributed by atoms with Crippen molar-refractivity contribution in [2.45, 2.75) is 32.7 Å². The van der Waals surface area contributed by atoms with Crippen LogP contribution in [0.25, 0.3) is 11.0 Å². The normalized spacial score (nSPS) is 13.0. The van der Waals surface area contributed by atoms with Crippen LogP contribution in [-0.4, -0.2) is 23.0 Å². The Hall–Kier alpha value is -2.89.